The molecule has 3 rings (SSSR count). The van der Waals surface area contributed by atoms with Crippen LogP contribution < -0.4 is 10.0 Å². The molecule has 0 saturated carbocycles. The number of hydrogen-bond acceptors (Lipinski definition) is 5. The maximum atomic E-state index is 12.5. The average molecular weight is 375 g/mol. The highest BCUT2D eigenvalue weighted by molar-refractivity contribution is 7.92. The third-order valence-electron chi connectivity index (χ3n) is 3.51. The number of rotatable bonds is 5. The van der Waals surface area contributed by atoms with E-state index in [-0.39, 0.29) is 10.8 Å². The summed E-state index contributed by atoms with van der Waals surface area (Å²) in [7, 11) is -3.66. The van der Waals surface area contributed by atoms with Gasteiger partial charge in [-0.2, -0.15) is 0 Å². The molecule has 0 fully saturated rings. The largest absolute Gasteiger partial charge is 0.302 e. The number of nitrogens with zero attached hydrogens (tertiary/aromatic N) is 1. The van der Waals surface area contributed by atoms with Crippen LogP contribution in [0.3, 0.4) is 0 Å². The first-order chi connectivity index (χ1) is 11.9. The molecule has 6 nitrogen and oxygen atoms in total. The first kappa shape index (κ1) is 17.4. The van der Waals surface area contributed by atoms with Gasteiger partial charge in [0.25, 0.3) is 10.0 Å². The molecule has 1 aromatic heterocycles. The van der Waals surface area contributed by atoms with Crippen molar-refractivity contribution in [1.82, 2.24) is 4.98 Å². The summed E-state index contributed by atoms with van der Waals surface area (Å²) in [5, 5.41) is 3.21. The average Bonchev–Trinajstić information content (AvgIpc) is 2.95. The molecule has 0 bridgehead atoms. The molecule has 0 spiro atoms. The number of aromatic nitrogens is 1. The van der Waals surface area contributed by atoms with E-state index in [4.69, 9.17) is 0 Å². The van der Waals surface area contributed by atoms with Gasteiger partial charge in [-0.25, -0.2) is 13.4 Å². The molecular weight excluding hydrogens is 358 g/mol. The van der Waals surface area contributed by atoms with Gasteiger partial charge < -0.3 is 5.32 Å². The van der Waals surface area contributed by atoms with E-state index in [2.05, 4.69) is 15.0 Å². The molecule has 25 heavy (non-hydrogen) atoms. The van der Waals surface area contributed by atoms with Crippen LogP contribution in [0.5, 0.6) is 0 Å². The molecule has 0 aliphatic rings. The Morgan fingerprint density at radius 3 is 2.72 bits per heavy atom. The van der Waals surface area contributed by atoms with Gasteiger partial charge >= 0.3 is 0 Å². The lowest BCUT2D eigenvalue weighted by Gasteiger charge is -2.08. The second kappa shape index (κ2) is 6.81. The minimum atomic E-state index is -3.66. The van der Waals surface area contributed by atoms with Gasteiger partial charge in [0, 0.05) is 6.42 Å². The summed E-state index contributed by atoms with van der Waals surface area (Å²) < 4.78 is 28.4. The van der Waals surface area contributed by atoms with Crippen LogP contribution in [-0.2, 0) is 14.8 Å². The van der Waals surface area contributed by atoms with Crippen molar-refractivity contribution in [3.8, 4) is 0 Å². The van der Waals surface area contributed by atoms with Crippen LogP contribution in [0.25, 0.3) is 10.2 Å². The van der Waals surface area contributed by atoms with Crippen molar-refractivity contribution < 1.29 is 13.2 Å². The normalized spacial score (nSPS) is 11.4. The lowest BCUT2D eigenvalue weighted by Crippen LogP contribution is -2.12. The summed E-state index contributed by atoms with van der Waals surface area (Å²) >= 11 is 1.35. The van der Waals surface area contributed by atoms with E-state index >= 15 is 0 Å². The van der Waals surface area contributed by atoms with E-state index in [0.29, 0.717) is 22.8 Å². The van der Waals surface area contributed by atoms with E-state index in [0.717, 1.165) is 10.3 Å². The van der Waals surface area contributed by atoms with Crippen molar-refractivity contribution in [2.75, 3.05) is 10.0 Å². The summed E-state index contributed by atoms with van der Waals surface area (Å²) in [5.41, 5.74) is 1.92. The van der Waals surface area contributed by atoms with Gasteiger partial charge in [0.15, 0.2) is 5.13 Å². The Balaban J connectivity index is 1.87. The predicted octanol–water partition coefficient (Wildman–Crippen LogP) is 3.75. The zero-order valence-electron chi connectivity index (χ0n) is 13.7. The van der Waals surface area contributed by atoms with Crippen LogP contribution in [-0.4, -0.2) is 19.3 Å². The number of hydrogen-bond donors (Lipinski definition) is 2. The Hall–Kier alpha value is -2.45. The van der Waals surface area contributed by atoms with Gasteiger partial charge in [-0.1, -0.05) is 30.4 Å². The molecule has 0 aliphatic carbocycles. The van der Waals surface area contributed by atoms with Crippen molar-refractivity contribution in [2.45, 2.75) is 25.2 Å². The topological polar surface area (TPSA) is 88.2 Å². The number of thiazole rings is 1. The summed E-state index contributed by atoms with van der Waals surface area (Å²) in [5.74, 6) is -0.112. The molecule has 3 aromatic rings. The molecule has 1 heterocycles. The highest BCUT2D eigenvalue weighted by Crippen LogP contribution is 2.29. The summed E-state index contributed by atoms with van der Waals surface area (Å²) in [4.78, 5) is 16.0. The van der Waals surface area contributed by atoms with E-state index in [1.807, 2.05) is 13.0 Å². The molecule has 0 unspecified atom stereocenters. The number of benzene rings is 2. The van der Waals surface area contributed by atoms with Gasteiger partial charge in [-0.05, 0) is 42.8 Å². The number of fused-ring (bicyclic) bond motifs is 1. The molecule has 8 heteroatoms. The van der Waals surface area contributed by atoms with Crippen LogP contribution in [0, 0.1) is 6.92 Å². The first-order valence-electron chi connectivity index (χ1n) is 7.67. The lowest BCUT2D eigenvalue weighted by atomic mass is 10.2. The zero-order chi connectivity index (χ0) is 18.0. The Morgan fingerprint density at radius 1 is 1.20 bits per heavy atom. The van der Waals surface area contributed by atoms with Crippen molar-refractivity contribution in [1.29, 1.82) is 0 Å². The third-order valence-corrected chi connectivity index (χ3v) is 5.84. The van der Waals surface area contributed by atoms with E-state index in [9.17, 15) is 13.2 Å². The smallest absolute Gasteiger partial charge is 0.261 e. The summed E-state index contributed by atoms with van der Waals surface area (Å²) in [6.45, 7) is 3.60. The zero-order valence-corrected chi connectivity index (χ0v) is 15.4. The summed E-state index contributed by atoms with van der Waals surface area (Å²) in [6.07, 6.45) is 0.372. The quantitative estimate of drug-likeness (QED) is 0.711. The number of carbonyl (C=O) groups excluding carboxylic acids is 1. The summed E-state index contributed by atoms with van der Waals surface area (Å²) in [6, 6.07) is 11.8. The maximum Gasteiger partial charge on any atom is 0.261 e. The maximum absolute atomic E-state index is 12.5. The van der Waals surface area contributed by atoms with Crippen LogP contribution in [0.2, 0.25) is 0 Å². The monoisotopic (exact) mass is 375 g/mol. The van der Waals surface area contributed by atoms with E-state index < -0.39 is 10.0 Å². The number of amides is 1. The van der Waals surface area contributed by atoms with E-state index in [1.165, 1.54) is 11.3 Å². The second-order valence-corrected chi connectivity index (χ2v) is 8.24. The molecule has 0 atom stereocenters. The molecular formula is C17H17N3O3S2. The Kier molecular flexibility index (Phi) is 4.73. The number of anilines is 2. The molecule has 2 aromatic carbocycles. The fraction of sp³-hybridized carbons (Fsp3) is 0.176. The fourth-order valence-electron chi connectivity index (χ4n) is 2.25. The minimum Gasteiger partial charge on any atom is -0.302 e. The van der Waals surface area contributed by atoms with Gasteiger partial charge in [-0.15, -0.1) is 0 Å². The van der Waals surface area contributed by atoms with Gasteiger partial charge in [0.2, 0.25) is 5.91 Å². The number of aryl methyl sites for hydroxylation is 1. The predicted molar refractivity (Wildman–Crippen MR) is 101 cm³/mol. The molecule has 0 saturated heterocycles. The van der Waals surface area contributed by atoms with E-state index in [1.54, 1.807) is 43.3 Å². The van der Waals surface area contributed by atoms with Crippen molar-refractivity contribution in [3.63, 3.8) is 0 Å². The Labute approximate surface area is 150 Å². The standard InChI is InChI=1S/C17H17N3O3S2/c1-3-16(21)19-17-18-14-10-12(7-8-15(14)24-17)20-25(22,23)13-6-4-5-11(2)9-13/h4-10,20H,3H2,1-2H3,(H,18,19,21). The fourth-order valence-corrected chi connectivity index (χ4v) is 4.26. The Morgan fingerprint density at radius 2 is 2.00 bits per heavy atom. The number of sulfonamides is 1. The van der Waals surface area contributed by atoms with Crippen molar-refractivity contribution in [2.24, 2.45) is 0 Å². The van der Waals surface area contributed by atoms with Crippen LogP contribution in [0.15, 0.2) is 47.4 Å². The third kappa shape index (κ3) is 3.97. The van der Waals surface area contributed by atoms with Crippen LogP contribution in [0.4, 0.5) is 10.8 Å². The highest BCUT2D eigenvalue weighted by atomic mass is 32.2. The lowest BCUT2D eigenvalue weighted by molar-refractivity contribution is -0.115. The molecule has 1 amide bonds. The van der Waals surface area contributed by atoms with Crippen LogP contribution in [0.1, 0.15) is 18.9 Å². The highest BCUT2D eigenvalue weighted by Gasteiger charge is 2.15. The SMILES string of the molecule is CCC(=O)Nc1nc2cc(NS(=O)(=O)c3cccc(C)c3)ccc2s1. The van der Waals surface area contributed by atoms with Gasteiger partial charge in [0.05, 0.1) is 20.8 Å². The van der Waals surface area contributed by atoms with Crippen molar-refractivity contribution in [3.05, 3.63) is 48.0 Å². The van der Waals surface area contributed by atoms with Gasteiger partial charge in [0.1, 0.15) is 0 Å². The van der Waals surface area contributed by atoms with Crippen molar-refractivity contribution >= 4 is 48.3 Å². The molecule has 2 N–H and O–H groups in total. The second-order valence-electron chi connectivity index (χ2n) is 5.53. The molecule has 130 valence electrons. The Bertz CT molecular complexity index is 1040. The van der Waals surface area contributed by atoms with Gasteiger partial charge in [-0.3, -0.25) is 9.52 Å². The number of carbonyl (C=O) groups is 1. The molecule has 0 aliphatic heterocycles. The minimum absolute atomic E-state index is 0.112. The first-order valence-corrected chi connectivity index (χ1v) is 9.97. The van der Waals surface area contributed by atoms with Crippen LogP contribution >= 0.6 is 11.3 Å². The number of nitrogens with one attached hydrogen (secondary N) is 2. The molecule has 0 radical (unpaired) electrons.